The Morgan fingerprint density at radius 3 is 2.80 bits per heavy atom. The van der Waals surface area contributed by atoms with E-state index in [1.54, 1.807) is 9.47 Å². The molecule has 132 valence electrons. The molecule has 0 unspecified atom stereocenters. The maximum Gasteiger partial charge on any atom is 0.346 e. The summed E-state index contributed by atoms with van der Waals surface area (Å²) in [6.45, 7) is 5.04. The van der Waals surface area contributed by atoms with Crippen LogP contribution in [0.4, 0.5) is 0 Å². The van der Waals surface area contributed by atoms with Gasteiger partial charge < -0.3 is 9.42 Å². The Balaban J connectivity index is 1.63. The van der Waals surface area contributed by atoms with Crippen molar-refractivity contribution in [3.05, 3.63) is 33.3 Å². The fourth-order valence-electron chi connectivity index (χ4n) is 3.13. The summed E-state index contributed by atoms with van der Waals surface area (Å²) in [4.78, 5) is 26.5. The largest absolute Gasteiger partial charge is 0.361 e. The second kappa shape index (κ2) is 6.93. The maximum absolute atomic E-state index is 12.5. The Hall–Kier alpha value is -2.89. The molecule has 9 nitrogen and oxygen atoms in total. The summed E-state index contributed by atoms with van der Waals surface area (Å²) in [6.07, 6.45) is 1.48. The molecule has 0 N–H and O–H groups in total. The van der Waals surface area contributed by atoms with Gasteiger partial charge in [0.25, 0.3) is 0 Å². The minimum Gasteiger partial charge on any atom is -0.361 e. The van der Waals surface area contributed by atoms with Crippen molar-refractivity contribution < 1.29 is 9.32 Å². The third-order valence-electron chi connectivity index (χ3n) is 4.54. The van der Waals surface area contributed by atoms with E-state index in [4.69, 9.17) is 9.78 Å². The quantitative estimate of drug-likeness (QED) is 0.783. The fraction of sp³-hybridized carbons (Fsp3) is 0.562. The van der Waals surface area contributed by atoms with Gasteiger partial charge in [-0.1, -0.05) is 5.16 Å². The van der Waals surface area contributed by atoms with Crippen LogP contribution in [0.1, 0.15) is 29.3 Å². The van der Waals surface area contributed by atoms with Crippen LogP contribution in [-0.4, -0.2) is 43.4 Å². The number of carbonyl (C=O) groups excluding carboxylic acids is 1. The number of rotatable bonds is 4. The van der Waals surface area contributed by atoms with Crippen LogP contribution in [0, 0.1) is 25.2 Å². The number of fused-ring (bicyclic) bond motifs is 1. The van der Waals surface area contributed by atoms with Crippen molar-refractivity contribution in [3.63, 3.8) is 0 Å². The summed E-state index contributed by atoms with van der Waals surface area (Å²) in [5.41, 5.74) is 1.51. The van der Waals surface area contributed by atoms with Crippen molar-refractivity contribution in [1.82, 2.24) is 24.4 Å². The average Bonchev–Trinajstić information content (AvgIpc) is 2.97. The first-order valence-corrected chi connectivity index (χ1v) is 8.24. The van der Waals surface area contributed by atoms with E-state index in [0.717, 1.165) is 17.0 Å². The summed E-state index contributed by atoms with van der Waals surface area (Å²) >= 11 is 0. The Morgan fingerprint density at radius 2 is 2.12 bits per heavy atom. The number of hydrogen-bond donors (Lipinski definition) is 0. The van der Waals surface area contributed by atoms with Crippen LogP contribution in [0.15, 0.2) is 9.32 Å². The Labute approximate surface area is 144 Å². The van der Waals surface area contributed by atoms with Crippen LogP contribution >= 0.6 is 0 Å². The summed E-state index contributed by atoms with van der Waals surface area (Å²) in [5.74, 6) is 1.42. The first-order valence-electron chi connectivity index (χ1n) is 8.24. The first kappa shape index (κ1) is 17.0. The van der Waals surface area contributed by atoms with Crippen molar-refractivity contribution >= 4 is 5.91 Å². The van der Waals surface area contributed by atoms with Gasteiger partial charge in [0.2, 0.25) is 5.91 Å². The van der Waals surface area contributed by atoms with Gasteiger partial charge in [0.15, 0.2) is 0 Å². The number of hydrogen-bond acceptors (Lipinski definition) is 6. The van der Waals surface area contributed by atoms with Gasteiger partial charge in [-0.2, -0.15) is 15.0 Å². The van der Waals surface area contributed by atoms with E-state index in [2.05, 4.69) is 10.3 Å². The third kappa shape index (κ3) is 3.33. The van der Waals surface area contributed by atoms with Crippen LogP contribution in [0.5, 0.6) is 0 Å². The molecule has 1 aliphatic heterocycles. The predicted molar refractivity (Wildman–Crippen MR) is 86.7 cm³/mol. The molecular weight excluding hydrogens is 324 g/mol. The molecule has 0 bridgehead atoms. The van der Waals surface area contributed by atoms with Crippen LogP contribution in [0.2, 0.25) is 0 Å². The van der Waals surface area contributed by atoms with E-state index < -0.39 is 0 Å². The fourth-order valence-corrected chi connectivity index (χ4v) is 3.13. The van der Waals surface area contributed by atoms with Crippen LogP contribution in [0.3, 0.4) is 0 Å². The van der Waals surface area contributed by atoms with Crippen molar-refractivity contribution in [2.75, 3.05) is 13.1 Å². The lowest BCUT2D eigenvalue weighted by Gasteiger charge is -2.19. The van der Waals surface area contributed by atoms with Crippen molar-refractivity contribution in [2.24, 2.45) is 0 Å². The zero-order valence-corrected chi connectivity index (χ0v) is 14.4. The molecule has 0 fully saturated rings. The standard InChI is InChI=1S/C16H20N6O3/c1-11-13(12(2)25-19-11)3-4-15(23)20-7-5-14-18-22(8-6-17)16(24)21(14)10-9-20/h3-5,7-10H2,1-2H3. The van der Waals surface area contributed by atoms with E-state index in [0.29, 0.717) is 44.7 Å². The van der Waals surface area contributed by atoms with Crippen molar-refractivity contribution in [1.29, 1.82) is 5.26 Å². The highest BCUT2D eigenvalue weighted by atomic mass is 16.5. The molecule has 1 aliphatic rings. The Bertz CT molecular complexity index is 865. The topological polar surface area (TPSA) is 110 Å². The normalized spacial score (nSPS) is 14.0. The molecule has 0 atom stereocenters. The van der Waals surface area contributed by atoms with Crippen molar-refractivity contribution in [3.8, 4) is 6.07 Å². The van der Waals surface area contributed by atoms with Gasteiger partial charge in [0.05, 0.1) is 11.8 Å². The number of amides is 1. The molecule has 0 aromatic carbocycles. The molecule has 1 amide bonds. The Morgan fingerprint density at radius 1 is 1.32 bits per heavy atom. The summed E-state index contributed by atoms with van der Waals surface area (Å²) < 4.78 is 7.85. The lowest BCUT2D eigenvalue weighted by Crippen LogP contribution is -2.35. The van der Waals surface area contributed by atoms with E-state index in [1.807, 2.05) is 19.9 Å². The van der Waals surface area contributed by atoms with E-state index >= 15 is 0 Å². The summed E-state index contributed by atoms with van der Waals surface area (Å²) in [7, 11) is 0. The zero-order chi connectivity index (χ0) is 18.0. The number of carbonyl (C=O) groups is 1. The SMILES string of the molecule is Cc1noc(C)c1CCC(=O)N1CCc2nn(CC#N)c(=O)n2CC1. The molecule has 2 aromatic rings. The lowest BCUT2D eigenvalue weighted by molar-refractivity contribution is -0.131. The highest BCUT2D eigenvalue weighted by Gasteiger charge is 2.22. The summed E-state index contributed by atoms with van der Waals surface area (Å²) in [5, 5.41) is 16.8. The van der Waals surface area contributed by atoms with E-state index in [9.17, 15) is 9.59 Å². The number of aryl methyl sites for hydroxylation is 2. The number of nitriles is 1. The Kier molecular flexibility index (Phi) is 4.70. The van der Waals surface area contributed by atoms with Gasteiger partial charge in [0, 0.05) is 38.0 Å². The van der Waals surface area contributed by atoms with Gasteiger partial charge in [-0.3, -0.25) is 9.36 Å². The van der Waals surface area contributed by atoms with Gasteiger partial charge >= 0.3 is 5.69 Å². The molecule has 3 heterocycles. The van der Waals surface area contributed by atoms with Crippen LogP contribution < -0.4 is 5.69 Å². The lowest BCUT2D eigenvalue weighted by atomic mass is 10.1. The molecule has 0 saturated carbocycles. The number of nitrogens with zero attached hydrogens (tertiary/aromatic N) is 6. The van der Waals surface area contributed by atoms with Gasteiger partial charge in [0.1, 0.15) is 18.1 Å². The third-order valence-corrected chi connectivity index (χ3v) is 4.54. The van der Waals surface area contributed by atoms with E-state index in [1.165, 1.54) is 4.68 Å². The monoisotopic (exact) mass is 344 g/mol. The maximum atomic E-state index is 12.5. The average molecular weight is 344 g/mol. The zero-order valence-electron chi connectivity index (χ0n) is 14.4. The molecule has 0 radical (unpaired) electrons. The smallest absolute Gasteiger partial charge is 0.346 e. The number of aromatic nitrogens is 4. The molecule has 3 rings (SSSR count). The first-order chi connectivity index (χ1) is 12.0. The molecule has 9 heteroatoms. The second-order valence-corrected chi connectivity index (χ2v) is 6.10. The molecule has 0 spiro atoms. The van der Waals surface area contributed by atoms with Gasteiger partial charge in [-0.15, -0.1) is 0 Å². The molecule has 2 aromatic heterocycles. The molecule has 25 heavy (non-hydrogen) atoms. The van der Waals surface area contributed by atoms with Crippen molar-refractivity contribution in [2.45, 2.75) is 46.2 Å². The minimum atomic E-state index is -0.290. The highest BCUT2D eigenvalue weighted by Crippen LogP contribution is 2.15. The second-order valence-electron chi connectivity index (χ2n) is 6.10. The minimum absolute atomic E-state index is 0.0445. The van der Waals surface area contributed by atoms with Gasteiger partial charge in [-0.25, -0.2) is 4.79 Å². The van der Waals surface area contributed by atoms with Gasteiger partial charge in [-0.05, 0) is 20.3 Å². The summed E-state index contributed by atoms with van der Waals surface area (Å²) in [6, 6.07) is 1.93. The predicted octanol–water partition coefficient (Wildman–Crippen LogP) is 0.191. The molecule has 0 saturated heterocycles. The van der Waals surface area contributed by atoms with Crippen LogP contribution in [0.25, 0.3) is 0 Å². The van der Waals surface area contributed by atoms with Crippen LogP contribution in [-0.2, 0) is 30.7 Å². The highest BCUT2D eigenvalue weighted by molar-refractivity contribution is 5.76. The molecular formula is C16H20N6O3. The van der Waals surface area contributed by atoms with E-state index in [-0.39, 0.29) is 18.1 Å². The molecule has 0 aliphatic carbocycles.